The summed E-state index contributed by atoms with van der Waals surface area (Å²) in [7, 11) is -3.79. The molecule has 12 aromatic heterocycles. The van der Waals surface area contributed by atoms with Gasteiger partial charge in [0.2, 0.25) is 33.6 Å². The summed E-state index contributed by atoms with van der Waals surface area (Å²) in [5, 5.41) is 23.7. The van der Waals surface area contributed by atoms with Crippen molar-refractivity contribution in [1.82, 2.24) is 83.9 Å². The number of aromatic nitrogens is 14. The Morgan fingerprint density at radius 2 is 1.07 bits per heavy atom. The zero-order valence-electron chi connectivity index (χ0n) is 79.3. The van der Waals surface area contributed by atoms with E-state index in [9.17, 15) is 50.1 Å². The van der Waals surface area contributed by atoms with Gasteiger partial charge in [0.15, 0.2) is 27.2 Å². The van der Waals surface area contributed by atoms with Gasteiger partial charge in [-0.25, -0.2) is 80.4 Å². The summed E-state index contributed by atoms with van der Waals surface area (Å²) >= 11 is 0. The molecule has 2 bridgehead atoms. The predicted molar refractivity (Wildman–Crippen MR) is 531 cm³/mol. The predicted octanol–water partition coefficient (Wildman–Crippen LogP) is 16.5. The van der Waals surface area contributed by atoms with Crippen molar-refractivity contribution in [3.05, 3.63) is 289 Å². The average Bonchev–Trinajstić information content (AvgIpc) is 1.59. The van der Waals surface area contributed by atoms with Crippen molar-refractivity contribution >= 4 is 89.9 Å². The van der Waals surface area contributed by atoms with Gasteiger partial charge < -0.3 is 50.8 Å². The smallest absolute Gasteiger partial charge is 0.256 e. The van der Waals surface area contributed by atoms with Crippen molar-refractivity contribution in [2.45, 2.75) is 134 Å². The first-order chi connectivity index (χ1) is 67.8. The number of nitrogens with one attached hydrogen (secondary N) is 5. The largest absolute Gasteiger partial charge is 0.490 e. The van der Waals surface area contributed by atoms with Gasteiger partial charge in [-0.15, -0.1) is 0 Å². The van der Waals surface area contributed by atoms with Crippen LogP contribution in [-0.2, 0) is 53.0 Å². The van der Waals surface area contributed by atoms with E-state index in [2.05, 4.69) is 119 Å². The van der Waals surface area contributed by atoms with Gasteiger partial charge in [-0.3, -0.25) is 34.1 Å². The molecule has 4 amide bonds. The second-order valence-corrected chi connectivity index (χ2v) is 38.5. The molecule has 14 aromatic rings. The van der Waals surface area contributed by atoms with Crippen LogP contribution in [0.15, 0.2) is 236 Å². The molecule has 141 heavy (non-hydrogen) atoms. The standard InChI is InChI=1S/C25H22N6O.C20H17F2N3O3S.C20H24N6O.C19H21N5O.C19H20N4O4S/c1-17-26-11-8-23(29-17)30-24-14-19(7-10-27-24)20-13-21-22(28-15-20)9-12-31(25(21)32)16-18-5-3-2-4-6-18;1-12-16(11-29(27,28)18-5-3-4-17(21)20(18)22)8-15(10-24-12)14-6-7-23-19(9-14)25-13(2)26;1-14-18(27-10-9-26(3)4)11-17(13-23-14)16-5-7-22-20(12-16)25-19-6-8-21-15(2)24-19;1-13-5-3-4-8-24(13)18-9-16(12-22-17(18)11-20)15-6-7-21-19(10-15)23-14(2)25;1-12(24)22-17-7-14(2-3-20-17)15-6-16-18(21-11-15)27-5-4-23(28(16,25)26)19-8-13(9-19)10-19/h2-8,10-11,13-15H,9,12,16H2,1H3,(H,26,27,29,30);3-10H,11H2,1-2H3,(H,23,25,26);5-8,11-13H,9-10H2,1-4H3,(H,21,22,24,25);6-7,9-10,12-13H,3-5,8H2,1-2H3,(H,21,23,25);2-3,6-7,11,13H,4-5,8-10H2,1H3,(H,20,22,24). The molecule has 5 N–H and O–H groups in total. The molecule has 0 spiro atoms. The SMILES string of the molecule is CC(=O)Nc1cc(-c2cnc(C#N)c(N3CCCCC3C)c2)ccn1.CC(=O)Nc1cc(-c2cnc(C)c(CS(=O)(=O)c3cccc(F)c3F)c2)ccn1.CC(=O)Nc1cc(-c2cnc3c(c2)S(=O)(=O)N(C24CC(C2)C4)CCO3)ccn1.Cc1nccc(Nc2cc(-c3cnc(C)c(OCCN(C)C)c3)ccn2)n1.Cc1nccc(Nc2cc(-c3cnc4c(c3)C(=O)N(Cc3ccccc3)CC4)ccn2)n1. The fourth-order valence-corrected chi connectivity index (χ4v) is 20.2. The maximum absolute atomic E-state index is 14.0. The molecule has 15 heterocycles. The highest BCUT2D eigenvalue weighted by molar-refractivity contribution is 7.90. The number of nitrogens with zero attached hydrogens (tertiary/aromatic N) is 19. The Kier molecular flexibility index (Phi) is 31.6. The maximum Gasteiger partial charge on any atom is 0.256 e. The van der Waals surface area contributed by atoms with E-state index in [1.54, 1.807) is 109 Å². The van der Waals surface area contributed by atoms with Crippen molar-refractivity contribution in [3.8, 4) is 73.3 Å². The maximum atomic E-state index is 14.0. The van der Waals surface area contributed by atoms with Crippen LogP contribution in [0.4, 0.5) is 55.2 Å². The summed E-state index contributed by atoms with van der Waals surface area (Å²) < 4.78 is 92.8. The lowest BCUT2D eigenvalue weighted by molar-refractivity contribution is -0.115. The number of hydrogen-bond acceptors (Lipinski definition) is 29. The van der Waals surface area contributed by atoms with Gasteiger partial charge in [-0.2, -0.15) is 9.57 Å². The number of ether oxygens (including phenoxy) is 2. The number of amides is 4. The molecular weight excluding hydrogens is 1840 g/mol. The lowest BCUT2D eigenvalue weighted by Crippen LogP contribution is -2.69. The number of pyridine rings is 10. The van der Waals surface area contributed by atoms with Crippen LogP contribution >= 0.6 is 0 Å². The molecule has 1 atom stereocenters. The molecule has 0 radical (unpaired) electrons. The first kappa shape index (κ1) is 99.6. The van der Waals surface area contributed by atoms with Crippen LogP contribution in [0.25, 0.3) is 55.6 Å². The second-order valence-electron chi connectivity index (χ2n) is 34.7. The molecule has 20 rings (SSSR count). The summed E-state index contributed by atoms with van der Waals surface area (Å²) in [6.45, 7) is 18.0. The van der Waals surface area contributed by atoms with Crippen molar-refractivity contribution < 1.29 is 54.3 Å². The highest BCUT2D eigenvalue weighted by Gasteiger charge is 2.63. The molecule has 34 nitrogen and oxygen atoms in total. The second kappa shape index (κ2) is 44.7. The van der Waals surface area contributed by atoms with Crippen molar-refractivity contribution in [1.29, 1.82) is 5.26 Å². The zero-order valence-corrected chi connectivity index (χ0v) is 80.9. The molecule has 6 aliphatic rings. The van der Waals surface area contributed by atoms with Gasteiger partial charge in [-0.1, -0.05) is 36.4 Å². The summed E-state index contributed by atoms with van der Waals surface area (Å²) in [4.78, 5) is 112. The Balaban J connectivity index is 0.000000133. The monoisotopic (exact) mass is 1940 g/mol. The van der Waals surface area contributed by atoms with E-state index in [0.29, 0.717) is 142 Å². The molecule has 3 aliphatic heterocycles. The lowest BCUT2D eigenvalue weighted by atomic mass is 9.50. The Labute approximate surface area is 815 Å². The van der Waals surface area contributed by atoms with E-state index < -0.39 is 42.1 Å². The molecule has 1 unspecified atom stereocenters. The fourth-order valence-electron chi connectivity index (χ4n) is 16.7. The average molecular weight is 1940 g/mol. The summed E-state index contributed by atoms with van der Waals surface area (Å²) in [6.07, 6.45) is 27.2. The van der Waals surface area contributed by atoms with E-state index in [0.717, 1.165) is 132 Å². The first-order valence-corrected chi connectivity index (χ1v) is 48.7. The van der Waals surface area contributed by atoms with E-state index in [1.807, 2.05) is 143 Å². The number of rotatable bonds is 23. The summed E-state index contributed by atoms with van der Waals surface area (Å²) in [6, 6.07) is 46.7. The minimum Gasteiger partial charge on any atom is -0.490 e. The number of nitriles is 1. The summed E-state index contributed by atoms with van der Waals surface area (Å²) in [5.74, 6) is 3.20. The number of piperidine rings is 1. The molecule has 1 saturated heterocycles. The van der Waals surface area contributed by atoms with E-state index >= 15 is 0 Å². The number of carbonyl (C=O) groups excluding carboxylic acids is 4. The number of sulfone groups is 1. The number of aryl methyl sites for hydroxylation is 4. The molecule has 4 fully saturated rings. The Hall–Kier alpha value is -15.9. The van der Waals surface area contributed by atoms with Crippen molar-refractivity contribution in [2.75, 3.05) is 85.0 Å². The van der Waals surface area contributed by atoms with Crippen LogP contribution in [0.2, 0.25) is 0 Å². The minimum atomic E-state index is -4.14. The van der Waals surface area contributed by atoms with Crippen LogP contribution in [0.3, 0.4) is 0 Å². The van der Waals surface area contributed by atoms with Crippen LogP contribution < -0.4 is 41.0 Å². The van der Waals surface area contributed by atoms with Gasteiger partial charge in [0.1, 0.15) is 87.2 Å². The number of hydrogen-bond donors (Lipinski definition) is 5. The van der Waals surface area contributed by atoms with Gasteiger partial charge >= 0.3 is 0 Å². The number of halogens is 2. The van der Waals surface area contributed by atoms with Crippen LogP contribution in [0, 0.1) is 56.6 Å². The normalized spacial score (nSPS) is 15.8. The number of anilines is 8. The van der Waals surface area contributed by atoms with Crippen LogP contribution in [0.5, 0.6) is 11.6 Å². The number of fused-ring (bicyclic) bond motifs is 2. The molecule has 3 saturated carbocycles. The Morgan fingerprint density at radius 3 is 1.61 bits per heavy atom. The summed E-state index contributed by atoms with van der Waals surface area (Å²) in [5.41, 5.74) is 13.6. The molecule has 722 valence electrons. The third-order valence-electron chi connectivity index (χ3n) is 23.9. The highest BCUT2D eigenvalue weighted by Crippen LogP contribution is 2.62. The molecule has 3 aliphatic carbocycles. The molecule has 38 heteroatoms. The van der Waals surface area contributed by atoms with Crippen molar-refractivity contribution in [3.63, 3.8) is 0 Å². The zero-order chi connectivity index (χ0) is 99.7. The van der Waals surface area contributed by atoms with E-state index in [4.69, 9.17) is 9.47 Å². The third-order valence-corrected chi connectivity index (χ3v) is 27.6. The Morgan fingerprint density at radius 1 is 0.560 bits per heavy atom. The van der Waals surface area contributed by atoms with E-state index in [-0.39, 0.29) is 39.9 Å². The lowest BCUT2D eigenvalue weighted by Gasteiger charge is -2.65. The quantitative estimate of drug-likeness (QED) is 0.0397. The highest BCUT2D eigenvalue weighted by atomic mass is 32.2. The number of benzene rings is 2. The minimum absolute atomic E-state index is 0.0216. The van der Waals surface area contributed by atoms with Gasteiger partial charge in [0, 0.05) is 179 Å². The number of likely N-dealkylation sites (N-methyl/N-ethyl adjacent to an activating group) is 1. The van der Waals surface area contributed by atoms with Crippen LogP contribution in [-0.4, -0.2) is 189 Å². The van der Waals surface area contributed by atoms with E-state index in [1.165, 1.54) is 33.4 Å². The molecular formula is C103H104F2N24O10S2. The first-order valence-electron chi connectivity index (χ1n) is 45.6. The Bertz CT molecular complexity index is 7260. The number of sulfonamides is 1. The van der Waals surface area contributed by atoms with Gasteiger partial charge in [0.25, 0.3) is 5.91 Å². The van der Waals surface area contributed by atoms with Crippen molar-refractivity contribution in [2.24, 2.45) is 5.92 Å². The topological polar surface area (TPSA) is 432 Å². The van der Waals surface area contributed by atoms with Gasteiger partial charge in [0.05, 0.1) is 28.4 Å². The third kappa shape index (κ3) is 25.2. The number of carbonyl (C=O) groups is 4. The van der Waals surface area contributed by atoms with Gasteiger partial charge in [-0.05, 0) is 247 Å². The van der Waals surface area contributed by atoms with Crippen LogP contribution in [0.1, 0.15) is 122 Å². The molecule has 2 aromatic carbocycles. The fraction of sp³-hybridized carbons (Fsp3) is 0.272.